The number of ether oxygens (including phenoxy) is 1. The number of thioether (sulfide) groups is 1. The van der Waals surface area contributed by atoms with Crippen molar-refractivity contribution in [1.29, 1.82) is 0 Å². The summed E-state index contributed by atoms with van der Waals surface area (Å²) in [7, 11) is 0. The lowest BCUT2D eigenvalue weighted by Crippen LogP contribution is -2.16. The first kappa shape index (κ1) is 22.0. The topological polar surface area (TPSA) is 81.9 Å². The van der Waals surface area contributed by atoms with Crippen molar-refractivity contribution in [3.05, 3.63) is 59.0 Å². The summed E-state index contributed by atoms with van der Waals surface area (Å²) in [6.07, 6.45) is 0.800. The molecule has 2 aromatic heterocycles. The molecule has 0 aliphatic heterocycles. The van der Waals surface area contributed by atoms with Crippen molar-refractivity contribution in [1.82, 2.24) is 19.7 Å². The fraction of sp³-hybridized carbons (Fsp3) is 0.263. The van der Waals surface area contributed by atoms with E-state index in [-0.39, 0.29) is 17.4 Å². The highest BCUT2D eigenvalue weighted by molar-refractivity contribution is 7.99. The van der Waals surface area contributed by atoms with Crippen LogP contribution in [0, 0.1) is 11.6 Å². The van der Waals surface area contributed by atoms with Crippen LogP contribution in [-0.4, -0.2) is 31.4 Å². The Morgan fingerprint density at radius 3 is 2.77 bits per heavy atom. The van der Waals surface area contributed by atoms with E-state index in [0.717, 1.165) is 12.1 Å². The number of halogens is 3. The number of amides is 1. The lowest BCUT2D eigenvalue weighted by atomic mass is 10.3. The van der Waals surface area contributed by atoms with Crippen molar-refractivity contribution >= 4 is 35.1 Å². The molecule has 3 rings (SSSR count). The zero-order valence-corrected chi connectivity index (χ0v) is 17.7. The number of nitrogens with zero attached hydrogens (tertiary/aromatic N) is 4. The van der Waals surface area contributed by atoms with Crippen LogP contribution in [0.5, 0.6) is 5.75 Å². The van der Waals surface area contributed by atoms with Crippen molar-refractivity contribution in [2.24, 2.45) is 0 Å². The third-order valence-corrected chi connectivity index (χ3v) is 5.14. The van der Waals surface area contributed by atoms with E-state index in [1.807, 2.05) is 6.92 Å². The number of rotatable bonds is 8. The number of benzene rings is 1. The maximum atomic E-state index is 13.9. The van der Waals surface area contributed by atoms with Gasteiger partial charge in [0.25, 0.3) is 0 Å². The van der Waals surface area contributed by atoms with Crippen LogP contribution in [0.25, 0.3) is 0 Å². The second-order valence-electron chi connectivity index (χ2n) is 6.12. The fourth-order valence-corrected chi connectivity index (χ4v) is 3.50. The van der Waals surface area contributed by atoms with E-state index in [9.17, 15) is 13.6 Å². The van der Waals surface area contributed by atoms with Crippen LogP contribution in [0.1, 0.15) is 25.8 Å². The summed E-state index contributed by atoms with van der Waals surface area (Å²) in [5.41, 5.74) is 0. The Morgan fingerprint density at radius 2 is 2.10 bits per heavy atom. The molecule has 158 valence electrons. The number of hydrogen-bond donors (Lipinski definition) is 1. The number of aromatic nitrogens is 4. The van der Waals surface area contributed by atoms with Gasteiger partial charge in [-0.3, -0.25) is 4.79 Å². The van der Waals surface area contributed by atoms with Gasteiger partial charge in [-0.2, -0.15) is 0 Å². The van der Waals surface area contributed by atoms with Crippen LogP contribution in [0.3, 0.4) is 0 Å². The van der Waals surface area contributed by atoms with Crippen LogP contribution >= 0.6 is 23.4 Å². The van der Waals surface area contributed by atoms with Gasteiger partial charge in [0.15, 0.2) is 28.7 Å². The molecule has 0 bridgehead atoms. The summed E-state index contributed by atoms with van der Waals surface area (Å²) in [5.74, 6) is -0.890. The molecule has 1 amide bonds. The first-order valence-electron chi connectivity index (χ1n) is 8.96. The maximum absolute atomic E-state index is 13.9. The van der Waals surface area contributed by atoms with Gasteiger partial charge in [-0.25, -0.2) is 13.8 Å². The Morgan fingerprint density at radius 1 is 1.30 bits per heavy atom. The first-order valence-corrected chi connectivity index (χ1v) is 10.3. The standard InChI is InChI=1S/C19H18ClF2N5O2S/c1-3-27-18(11(2)29-15-6-5-13(21)8-14(15)22)25-26-19(27)30-10-17(28)24-16-7-4-12(20)9-23-16/h4-9,11H,3,10H2,1-2H3,(H,23,24,28). The normalized spacial score (nSPS) is 11.9. The first-order chi connectivity index (χ1) is 14.4. The number of carbonyl (C=O) groups is 1. The summed E-state index contributed by atoms with van der Waals surface area (Å²) in [5, 5.41) is 11.9. The van der Waals surface area contributed by atoms with Gasteiger partial charge in [-0.1, -0.05) is 23.4 Å². The zero-order chi connectivity index (χ0) is 21.7. The van der Waals surface area contributed by atoms with Crippen molar-refractivity contribution < 1.29 is 18.3 Å². The Labute approximate surface area is 180 Å². The molecule has 0 radical (unpaired) electrons. The molecule has 1 unspecified atom stereocenters. The number of carbonyl (C=O) groups excluding carboxylic acids is 1. The fourth-order valence-electron chi connectivity index (χ4n) is 2.58. The highest BCUT2D eigenvalue weighted by Gasteiger charge is 2.20. The van der Waals surface area contributed by atoms with Crippen LogP contribution in [0.15, 0.2) is 41.7 Å². The molecule has 1 aromatic carbocycles. The SMILES string of the molecule is CCn1c(SCC(=O)Nc2ccc(Cl)cn2)nnc1C(C)Oc1ccc(F)cc1F. The Kier molecular flexibility index (Phi) is 7.22. The van der Waals surface area contributed by atoms with Crippen LogP contribution in [0.4, 0.5) is 14.6 Å². The molecule has 30 heavy (non-hydrogen) atoms. The molecule has 7 nitrogen and oxygen atoms in total. The van der Waals surface area contributed by atoms with Gasteiger partial charge in [0.1, 0.15) is 11.6 Å². The Hall–Kier alpha value is -2.72. The number of pyridine rings is 1. The number of nitrogens with one attached hydrogen (secondary N) is 1. The zero-order valence-electron chi connectivity index (χ0n) is 16.1. The largest absolute Gasteiger partial charge is 0.480 e. The molecular formula is C19H18ClF2N5O2S. The average Bonchev–Trinajstić information content (AvgIpc) is 3.13. The molecule has 1 atom stereocenters. The predicted molar refractivity (Wildman–Crippen MR) is 110 cm³/mol. The van der Waals surface area contributed by atoms with Gasteiger partial charge in [0, 0.05) is 18.8 Å². The summed E-state index contributed by atoms with van der Waals surface area (Å²) in [6, 6.07) is 6.32. The molecule has 11 heteroatoms. The van der Waals surface area contributed by atoms with Crippen molar-refractivity contribution in [3.8, 4) is 5.75 Å². The van der Waals surface area contributed by atoms with Crippen molar-refractivity contribution in [3.63, 3.8) is 0 Å². The van der Waals surface area contributed by atoms with Crippen LogP contribution in [-0.2, 0) is 11.3 Å². The van der Waals surface area contributed by atoms with Gasteiger partial charge in [-0.15, -0.1) is 10.2 Å². The lowest BCUT2D eigenvalue weighted by Gasteiger charge is -2.16. The maximum Gasteiger partial charge on any atom is 0.236 e. The molecule has 3 aromatic rings. The summed E-state index contributed by atoms with van der Waals surface area (Å²) < 4.78 is 34.3. The molecule has 0 fully saturated rings. The van der Waals surface area contributed by atoms with Gasteiger partial charge >= 0.3 is 0 Å². The summed E-state index contributed by atoms with van der Waals surface area (Å²) in [6.45, 7) is 4.09. The molecule has 0 aliphatic carbocycles. The van der Waals surface area contributed by atoms with E-state index in [0.29, 0.717) is 28.4 Å². The van der Waals surface area contributed by atoms with Crippen LogP contribution < -0.4 is 10.1 Å². The van der Waals surface area contributed by atoms with Crippen molar-refractivity contribution in [2.45, 2.75) is 31.7 Å². The molecule has 0 spiro atoms. The second kappa shape index (κ2) is 9.86. The minimum atomic E-state index is -0.800. The second-order valence-corrected chi connectivity index (χ2v) is 7.50. The van der Waals surface area contributed by atoms with Gasteiger partial charge < -0.3 is 14.6 Å². The summed E-state index contributed by atoms with van der Waals surface area (Å²) in [4.78, 5) is 16.2. The monoisotopic (exact) mass is 453 g/mol. The van der Waals surface area contributed by atoms with E-state index in [4.69, 9.17) is 16.3 Å². The van der Waals surface area contributed by atoms with E-state index >= 15 is 0 Å². The molecule has 0 saturated heterocycles. The molecular weight excluding hydrogens is 436 g/mol. The molecule has 1 N–H and O–H groups in total. The van der Waals surface area contributed by atoms with Gasteiger partial charge in [0.05, 0.1) is 10.8 Å². The average molecular weight is 454 g/mol. The predicted octanol–water partition coefficient (Wildman–Crippen LogP) is 4.50. The Balaban J connectivity index is 1.64. The molecule has 0 saturated carbocycles. The van der Waals surface area contributed by atoms with Gasteiger partial charge in [0.2, 0.25) is 5.91 Å². The van der Waals surface area contributed by atoms with E-state index < -0.39 is 17.7 Å². The lowest BCUT2D eigenvalue weighted by molar-refractivity contribution is -0.113. The Bertz CT molecular complexity index is 1030. The van der Waals surface area contributed by atoms with E-state index in [2.05, 4.69) is 20.5 Å². The van der Waals surface area contributed by atoms with E-state index in [1.54, 1.807) is 23.6 Å². The molecule has 2 heterocycles. The van der Waals surface area contributed by atoms with Gasteiger partial charge in [-0.05, 0) is 38.1 Å². The number of anilines is 1. The smallest absolute Gasteiger partial charge is 0.236 e. The molecule has 0 aliphatic rings. The van der Waals surface area contributed by atoms with Crippen molar-refractivity contribution in [2.75, 3.05) is 11.1 Å². The summed E-state index contributed by atoms with van der Waals surface area (Å²) >= 11 is 6.97. The minimum Gasteiger partial charge on any atom is -0.480 e. The van der Waals surface area contributed by atoms with Crippen LogP contribution in [0.2, 0.25) is 5.02 Å². The minimum absolute atomic E-state index is 0.0846. The highest BCUT2D eigenvalue weighted by Crippen LogP contribution is 2.26. The highest BCUT2D eigenvalue weighted by atomic mass is 35.5. The number of hydrogen-bond acceptors (Lipinski definition) is 6. The third-order valence-electron chi connectivity index (χ3n) is 3.95. The van der Waals surface area contributed by atoms with E-state index in [1.165, 1.54) is 24.0 Å². The third kappa shape index (κ3) is 5.45. The quantitative estimate of drug-likeness (QED) is 0.506.